The Morgan fingerprint density at radius 3 is 2.48 bits per heavy atom. The molecule has 0 spiro atoms. The zero-order chi connectivity index (χ0) is 20.1. The minimum Gasteiger partial charge on any atom is -0.497 e. The quantitative estimate of drug-likeness (QED) is 0.610. The van der Waals surface area contributed by atoms with E-state index in [9.17, 15) is 4.79 Å². The summed E-state index contributed by atoms with van der Waals surface area (Å²) in [4.78, 5) is 24.1. The minimum absolute atomic E-state index is 0.0420. The van der Waals surface area contributed by atoms with Gasteiger partial charge in [0.15, 0.2) is 5.17 Å². The van der Waals surface area contributed by atoms with E-state index in [1.54, 1.807) is 18.2 Å². The first kappa shape index (κ1) is 19.2. The van der Waals surface area contributed by atoms with Crippen LogP contribution >= 0.6 is 11.8 Å². The fourth-order valence-corrected chi connectivity index (χ4v) is 4.26. The molecule has 0 saturated carbocycles. The molecule has 1 aliphatic rings. The Morgan fingerprint density at radius 2 is 1.79 bits per heavy atom. The third kappa shape index (κ3) is 4.49. The molecule has 2 aromatic carbocycles. The van der Waals surface area contributed by atoms with Gasteiger partial charge in [0, 0.05) is 6.20 Å². The van der Waals surface area contributed by atoms with Gasteiger partial charge in [-0.15, -0.1) is 0 Å². The summed E-state index contributed by atoms with van der Waals surface area (Å²) in [5.41, 5.74) is 2.89. The molecule has 0 radical (unpaired) electrons. The van der Waals surface area contributed by atoms with Crippen LogP contribution in [0.3, 0.4) is 0 Å². The number of hydrogen-bond acceptors (Lipinski definition) is 5. The van der Waals surface area contributed by atoms with Gasteiger partial charge in [-0.2, -0.15) is 0 Å². The summed E-state index contributed by atoms with van der Waals surface area (Å²) in [7, 11) is 1.65. The summed E-state index contributed by atoms with van der Waals surface area (Å²) >= 11 is 1.50. The van der Waals surface area contributed by atoms with E-state index in [0.717, 1.165) is 27.7 Å². The van der Waals surface area contributed by atoms with E-state index in [1.807, 2.05) is 72.8 Å². The lowest BCUT2D eigenvalue weighted by Crippen LogP contribution is -2.30. The first-order chi connectivity index (χ1) is 14.2. The molecule has 1 saturated heterocycles. The normalized spacial score (nSPS) is 17.7. The molecular formula is C23H21N3O2S. The molecule has 1 unspecified atom stereocenters. The summed E-state index contributed by atoms with van der Waals surface area (Å²) in [5, 5.41) is 0.444. The van der Waals surface area contributed by atoms with Crippen molar-refractivity contribution in [2.75, 3.05) is 7.11 Å². The summed E-state index contributed by atoms with van der Waals surface area (Å²) in [5.74, 6) is 0.855. The van der Waals surface area contributed by atoms with E-state index in [0.29, 0.717) is 13.1 Å². The fourth-order valence-electron chi connectivity index (χ4n) is 3.11. The predicted octanol–water partition coefficient (Wildman–Crippen LogP) is 4.46. The van der Waals surface area contributed by atoms with Crippen LogP contribution in [0.1, 0.15) is 22.1 Å². The fraction of sp³-hybridized carbons (Fsp3) is 0.174. The Morgan fingerprint density at radius 1 is 1.03 bits per heavy atom. The number of carbonyl (C=O) groups is 1. The van der Waals surface area contributed by atoms with E-state index < -0.39 is 0 Å². The summed E-state index contributed by atoms with van der Waals surface area (Å²) in [6.07, 6.45) is 1.74. The Labute approximate surface area is 174 Å². The number of rotatable bonds is 6. The molecular weight excluding hydrogens is 382 g/mol. The van der Waals surface area contributed by atoms with Gasteiger partial charge >= 0.3 is 0 Å². The van der Waals surface area contributed by atoms with Gasteiger partial charge in [-0.05, 0) is 35.4 Å². The van der Waals surface area contributed by atoms with Crippen LogP contribution in [-0.2, 0) is 17.9 Å². The average Bonchev–Trinajstić information content (AvgIpc) is 3.09. The number of pyridine rings is 1. The van der Waals surface area contributed by atoms with Gasteiger partial charge in [0.1, 0.15) is 11.0 Å². The largest absolute Gasteiger partial charge is 0.497 e. The lowest BCUT2D eigenvalue weighted by molar-refractivity contribution is -0.126. The van der Waals surface area contributed by atoms with Crippen LogP contribution in [0.15, 0.2) is 84.0 Å². The van der Waals surface area contributed by atoms with Crippen molar-refractivity contribution in [3.63, 3.8) is 0 Å². The molecule has 6 heteroatoms. The number of carbonyl (C=O) groups excluding carboxylic acids is 1. The summed E-state index contributed by atoms with van der Waals surface area (Å²) in [6, 6.07) is 23.4. The molecule has 29 heavy (non-hydrogen) atoms. The zero-order valence-electron chi connectivity index (χ0n) is 16.1. The second-order valence-corrected chi connectivity index (χ2v) is 7.67. The standard InChI is InChI=1S/C23H21N3O2S/c1-28-20-12-10-17(11-13-20)15-25-23-26(16-19-9-5-6-14-24-19)22(27)21(29-23)18-7-3-2-4-8-18/h2-14,21H,15-16H2,1H3. The van der Waals surface area contributed by atoms with Crippen LogP contribution in [0, 0.1) is 0 Å². The Kier molecular flexibility index (Phi) is 5.91. The van der Waals surface area contributed by atoms with Crippen molar-refractivity contribution in [1.82, 2.24) is 9.88 Å². The van der Waals surface area contributed by atoms with E-state index >= 15 is 0 Å². The van der Waals surface area contributed by atoms with Crippen LogP contribution in [-0.4, -0.2) is 28.1 Å². The maximum absolute atomic E-state index is 13.2. The van der Waals surface area contributed by atoms with Gasteiger partial charge in [-0.1, -0.05) is 60.3 Å². The topological polar surface area (TPSA) is 54.8 Å². The number of benzene rings is 2. The maximum Gasteiger partial charge on any atom is 0.247 e. The van der Waals surface area contributed by atoms with Crippen molar-refractivity contribution in [2.45, 2.75) is 18.3 Å². The van der Waals surface area contributed by atoms with Crippen LogP contribution in [0.25, 0.3) is 0 Å². The first-order valence-electron chi connectivity index (χ1n) is 9.35. The van der Waals surface area contributed by atoms with Gasteiger partial charge in [-0.25, -0.2) is 0 Å². The molecule has 1 aliphatic heterocycles. The Bertz CT molecular complexity index is 992. The van der Waals surface area contributed by atoms with Gasteiger partial charge < -0.3 is 4.74 Å². The molecule has 5 nitrogen and oxygen atoms in total. The molecule has 0 N–H and O–H groups in total. The molecule has 0 aliphatic carbocycles. The molecule has 1 fully saturated rings. The molecule has 2 heterocycles. The van der Waals surface area contributed by atoms with Crippen molar-refractivity contribution in [2.24, 2.45) is 4.99 Å². The second kappa shape index (κ2) is 8.92. The number of ether oxygens (including phenoxy) is 1. The van der Waals surface area contributed by atoms with Gasteiger partial charge in [-0.3, -0.25) is 19.7 Å². The molecule has 146 valence electrons. The summed E-state index contributed by atoms with van der Waals surface area (Å²) < 4.78 is 5.21. The van der Waals surface area contributed by atoms with E-state index in [-0.39, 0.29) is 11.2 Å². The molecule has 1 aromatic heterocycles. The lowest BCUT2D eigenvalue weighted by Gasteiger charge is -2.16. The zero-order valence-corrected chi connectivity index (χ0v) is 16.9. The number of aromatic nitrogens is 1. The van der Waals surface area contributed by atoms with Crippen molar-refractivity contribution in [3.8, 4) is 5.75 Å². The Hall–Kier alpha value is -3.12. The molecule has 1 atom stereocenters. The maximum atomic E-state index is 13.2. The highest BCUT2D eigenvalue weighted by Gasteiger charge is 2.38. The van der Waals surface area contributed by atoms with Crippen molar-refractivity contribution >= 4 is 22.8 Å². The van der Waals surface area contributed by atoms with Gasteiger partial charge in [0.2, 0.25) is 5.91 Å². The smallest absolute Gasteiger partial charge is 0.247 e. The van der Waals surface area contributed by atoms with E-state index in [1.165, 1.54) is 11.8 Å². The van der Waals surface area contributed by atoms with Gasteiger partial charge in [0.05, 0.1) is 25.9 Å². The number of amides is 1. The summed E-state index contributed by atoms with van der Waals surface area (Å²) in [6.45, 7) is 0.914. The van der Waals surface area contributed by atoms with Gasteiger partial charge in [0.25, 0.3) is 0 Å². The minimum atomic E-state index is -0.283. The third-order valence-electron chi connectivity index (χ3n) is 4.65. The second-order valence-electron chi connectivity index (χ2n) is 6.60. The SMILES string of the molecule is COc1ccc(CN=C2SC(c3ccccc3)C(=O)N2Cc2ccccn2)cc1. The van der Waals surface area contributed by atoms with Crippen LogP contribution in [0.4, 0.5) is 0 Å². The van der Waals surface area contributed by atoms with Crippen LogP contribution in [0.5, 0.6) is 5.75 Å². The monoisotopic (exact) mass is 403 g/mol. The average molecular weight is 404 g/mol. The highest BCUT2D eigenvalue weighted by atomic mass is 32.2. The molecule has 1 amide bonds. The number of nitrogens with zero attached hydrogens (tertiary/aromatic N) is 3. The number of thioether (sulfide) groups is 1. The van der Waals surface area contributed by atoms with Crippen LogP contribution in [0.2, 0.25) is 0 Å². The van der Waals surface area contributed by atoms with Crippen LogP contribution < -0.4 is 4.74 Å². The molecule has 0 bridgehead atoms. The van der Waals surface area contributed by atoms with E-state index in [4.69, 9.17) is 9.73 Å². The number of aliphatic imine (C=N–C) groups is 1. The molecule has 3 aromatic rings. The highest BCUT2D eigenvalue weighted by Crippen LogP contribution is 2.40. The highest BCUT2D eigenvalue weighted by molar-refractivity contribution is 8.15. The Balaban J connectivity index is 1.59. The number of hydrogen-bond donors (Lipinski definition) is 0. The van der Waals surface area contributed by atoms with Crippen molar-refractivity contribution in [3.05, 3.63) is 95.8 Å². The predicted molar refractivity (Wildman–Crippen MR) is 116 cm³/mol. The number of amidine groups is 1. The first-order valence-corrected chi connectivity index (χ1v) is 10.2. The van der Waals surface area contributed by atoms with E-state index in [2.05, 4.69) is 4.98 Å². The molecule has 4 rings (SSSR count). The van der Waals surface area contributed by atoms with Crippen molar-refractivity contribution < 1.29 is 9.53 Å². The lowest BCUT2D eigenvalue weighted by atomic mass is 10.1. The third-order valence-corrected chi connectivity index (χ3v) is 5.92. The van der Waals surface area contributed by atoms with Crippen molar-refractivity contribution in [1.29, 1.82) is 0 Å². The number of methoxy groups -OCH3 is 1.